The maximum atomic E-state index is 12.2. The summed E-state index contributed by atoms with van der Waals surface area (Å²) in [6, 6.07) is 1.24. The first-order valence-electron chi connectivity index (χ1n) is 7.23. The fraction of sp³-hybridized carbons (Fsp3) is 0.643. The summed E-state index contributed by atoms with van der Waals surface area (Å²) in [4.78, 5) is 11.6. The number of carbonyl (C=O) groups is 1. The van der Waals surface area contributed by atoms with Crippen molar-refractivity contribution >= 4 is 27.3 Å². The molecule has 1 aliphatic rings. The fourth-order valence-electron chi connectivity index (χ4n) is 2.79. The highest BCUT2D eigenvalue weighted by atomic mass is 32.2. The molecule has 1 saturated carbocycles. The van der Waals surface area contributed by atoms with Gasteiger partial charge >= 0.3 is 5.97 Å². The number of sulfonamides is 1. The molecule has 1 aliphatic carbocycles. The van der Waals surface area contributed by atoms with Crippen molar-refractivity contribution in [3.8, 4) is 0 Å². The minimum Gasteiger partial charge on any atom is -0.477 e. The molecule has 0 saturated heterocycles. The molecule has 1 aromatic rings. The highest BCUT2D eigenvalue weighted by molar-refractivity contribution is 7.89. The summed E-state index contributed by atoms with van der Waals surface area (Å²) < 4.78 is 27.1. The number of hydrogen-bond acceptors (Lipinski definition) is 4. The summed E-state index contributed by atoms with van der Waals surface area (Å²) in [6.45, 7) is 2.05. The van der Waals surface area contributed by atoms with E-state index in [2.05, 4.69) is 4.72 Å². The van der Waals surface area contributed by atoms with E-state index in [4.69, 9.17) is 5.11 Å². The molecule has 118 valence electrons. The van der Waals surface area contributed by atoms with Crippen LogP contribution in [0, 0.1) is 12.8 Å². The maximum absolute atomic E-state index is 12.2. The molecule has 1 heterocycles. The van der Waals surface area contributed by atoms with Crippen LogP contribution in [0.4, 0.5) is 0 Å². The Labute approximate surface area is 129 Å². The number of carboxylic acids is 1. The van der Waals surface area contributed by atoms with Gasteiger partial charge in [0.1, 0.15) is 4.88 Å². The third kappa shape index (κ3) is 4.28. The first-order valence-corrected chi connectivity index (χ1v) is 9.53. The minimum absolute atomic E-state index is 0.0557. The van der Waals surface area contributed by atoms with E-state index in [1.165, 1.54) is 38.2 Å². The maximum Gasteiger partial charge on any atom is 0.345 e. The first-order chi connectivity index (χ1) is 9.90. The smallest absolute Gasteiger partial charge is 0.345 e. The lowest BCUT2D eigenvalue weighted by Crippen LogP contribution is -2.26. The molecule has 7 heteroatoms. The fourth-order valence-corrected chi connectivity index (χ4v) is 5.26. The van der Waals surface area contributed by atoms with Crippen molar-refractivity contribution in [1.29, 1.82) is 0 Å². The number of aromatic carboxylic acids is 1. The quantitative estimate of drug-likeness (QED) is 0.839. The Hall–Kier alpha value is -0.920. The molecular weight excluding hydrogens is 310 g/mol. The topological polar surface area (TPSA) is 83.5 Å². The zero-order valence-corrected chi connectivity index (χ0v) is 13.7. The van der Waals surface area contributed by atoms with E-state index in [0.717, 1.165) is 17.8 Å². The van der Waals surface area contributed by atoms with Crippen molar-refractivity contribution in [3.05, 3.63) is 15.8 Å². The van der Waals surface area contributed by atoms with E-state index in [0.29, 0.717) is 17.3 Å². The van der Waals surface area contributed by atoms with Crippen molar-refractivity contribution in [2.24, 2.45) is 5.92 Å². The largest absolute Gasteiger partial charge is 0.477 e. The minimum atomic E-state index is -3.61. The molecule has 0 radical (unpaired) electrons. The van der Waals surface area contributed by atoms with Crippen LogP contribution in [0.15, 0.2) is 11.0 Å². The van der Waals surface area contributed by atoms with Crippen LogP contribution in [0.1, 0.15) is 53.1 Å². The van der Waals surface area contributed by atoms with Gasteiger partial charge in [0, 0.05) is 11.4 Å². The second kappa shape index (κ2) is 6.89. The highest BCUT2D eigenvalue weighted by Crippen LogP contribution is 2.27. The standard InChI is InChI=1S/C14H21NO4S2/c1-10-13(9-12(20-10)14(16)17)21(18,19)15-8-7-11-5-3-2-4-6-11/h9,11,15H,2-8H2,1H3,(H,16,17). The van der Waals surface area contributed by atoms with E-state index in [9.17, 15) is 13.2 Å². The Morgan fingerprint density at radius 3 is 2.62 bits per heavy atom. The predicted molar refractivity (Wildman–Crippen MR) is 82.4 cm³/mol. The summed E-state index contributed by atoms with van der Waals surface area (Å²) in [5.41, 5.74) is 0. The van der Waals surface area contributed by atoms with Gasteiger partial charge in [0.25, 0.3) is 0 Å². The van der Waals surface area contributed by atoms with Crippen molar-refractivity contribution < 1.29 is 18.3 Å². The van der Waals surface area contributed by atoms with Crippen molar-refractivity contribution in [2.45, 2.75) is 50.3 Å². The van der Waals surface area contributed by atoms with Gasteiger partial charge in [-0.3, -0.25) is 0 Å². The van der Waals surface area contributed by atoms with Crippen LogP contribution in [0.3, 0.4) is 0 Å². The Morgan fingerprint density at radius 1 is 1.38 bits per heavy atom. The zero-order valence-electron chi connectivity index (χ0n) is 12.1. The highest BCUT2D eigenvalue weighted by Gasteiger charge is 2.22. The Morgan fingerprint density at radius 2 is 2.05 bits per heavy atom. The number of nitrogens with one attached hydrogen (secondary N) is 1. The molecule has 2 N–H and O–H groups in total. The zero-order chi connectivity index (χ0) is 15.5. The first kappa shape index (κ1) is 16.5. The second-order valence-corrected chi connectivity index (χ2v) is 8.52. The van der Waals surface area contributed by atoms with E-state index < -0.39 is 16.0 Å². The molecule has 0 amide bonds. The number of carboxylic acid groups (broad SMARTS) is 1. The third-order valence-corrected chi connectivity index (χ3v) is 6.70. The molecule has 0 aliphatic heterocycles. The van der Waals surface area contributed by atoms with Crippen molar-refractivity contribution in [1.82, 2.24) is 4.72 Å². The van der Waals surface area contributed by atoms with Gasteiger partial charge < -0.3 is 5.11 Å². The summed E-state index contributed by atoms with van der Waals surface area (Å²) in [5.74, 6) is -0.480. The van der Waals surface area contributed by atoms with Gasteiger partial charge in [0.2, 0.25) is 10.0 Å². The predicted octanol–water partition coefficient (Wildman–Crippen LogP) is 3.00. The lowest BCUT2D eigenvalue weighted by Gasteiger charge is -2.21. The monoisotopic (exact) mass is 331 g/mol. The average molecular weight is 331 g/mol. The molecule has 0 spiro atoms. The summed E-state index contributed by atoms with van der Waals surface area (Å²) in [5, 5.41) is 8.93. The molecule has 21 heavy (non-hydrogen) atoms. The van der Waals surface area contributed by atoms with Crippen molar-refractivity contribution in [2.75, 3.05) is 6.54 Å². The normalized spacial score (nSPS) is 17.0. The number of rotatable bonds is 6. The van der Waals surface area contributed by atoms with E-state index >= 15 is 0 Å². The van der Waals surface area contributed by atoms with Crippen LogP contribution >= 0.6 is 11.3 Å². The molecular formula is C14H21NO4S2. The van der Waals surface area contributed by atoms with Gasteiger partial charge in [-0.05, 0) is 25.3 Å². The molecule has 0 atom stereocenters. The molecule has 0 unspecified atom stereocenters. The van der Waals surface area contributed by atoms with Crippen LogP contribution in [-0.2, 0) is 10.0 Å². The van der Waals surface area contributed by atoms with Crippen LogP contribution in [0.2, 0.25) is 0 Å². The van der Waals surface area contributed by atoms with Crippen molar-refractivity contribution in [3.63, 3.8) is 0 Å². The van der Waals surface area contributed by atoms with Gasteiger partial charge in [-0.2, -0.15) is 0 Å². The summed E-state index contributed by atoms with van der Waals surface area (Å²) in [6.07, 6.45) is 6.99. The Bertz CT molecular complexity index is 600. The third-order valence-electron chi connectivity index (χ3n) is 3.94. The molecule has 0 bridgehead atoms. The second-order valence-electron chi connectivity index (χ2n) is 5.53. The van der Waals surface area contributed by atoms with Gasteiger partial charge in [0.05, 0.1) is 4.90 Å². The molecule has 2 rings (SSSR count). The SMILES string of the molecule is Cc1sc(C(=O)O)cc1S(=O)(=O)NCCC1CCCCC1. The average Bonchev–Trinajstić information content (AvgIpc) is 2.83. The molecule has 1 fully saturated rings. The molecule has 1 aromatic heterocycles. The summed E-state index contributed by atoms with van der Waals surface area (Å²) >= 11 is 0.992. The van der Waals surface area contributed by atoms with Gasteiger partial charge in [-0.25, -0.2) is 17.9 Å². The Balaban J connectivity index is 1.96. The van der Waals surface area contributed by atoms with E-state index in [1.807, 2.05) is 0 Å². The number of hydrogen-bond donors (Lipinski definition) is 2. The van der Waals surface area contributed by atoms with E-state index in [-0.39, 0.29) is 9.77 Å². The van der Waals surface area contributed by atoms with Gasteiger partial charge in [0.15, 0.2) is 0 Å². The van der Waals surface area contributed by atoms with Crippen LogP contribution in [-0.4, -0.2) is 26.0 Å². The lowest BCUT2D eigenvalue weighted by molar-refractivity contribution is 0.0702. The van der Waals surface area contributed by atoms with Gasteiger partial charge in [-0.1, -0.05) is 32.1 Å². The number of thiophene rings is 1. The van der Waals surface area contributed by atoms with E-state index in [1.54, 1.807) is 6.92 Å². The van der Waals surface area contributed by atoms with Crippen LogP contribution in [0.5, 0.6) is 0 Å². The number of aryl methyl sites for hydroxylation is 1. The lowest BCUT2D eigenvalue weighted by atomic mass is 9.87. The molecule has 0 aromatic carbocycles. The van der Waals surface area contributed by atoms with Gasteiger partial charge in [-0.15, -0.1) is 11.3 Å². The van der Waals surface area contributed by atoms with Crippen LogP contribution < -0.4 is 4.72 Å². The molecule has 5 nitrogen and oxygen atoms in total. The Kier molecular flexibility index (Phi) is 5.40. The summed E-state index contributed by atoms with van der Waals surface area (Å²) in [7, 11) is -3.61. The van der Waals surface area contributed by atoms with Crippen LogP contribution in [0.25, 0.3) is 0 Å².